The largest absolute Gasteiger partial charge is 0.512 e. The van der Waals surface area contributed by atoms with Crippen LogP contribution in [-0.2, 0) is 9.53 Å². The van der Waals surface area contributed by atoms with Gasteiger partial charge in [-0.3, -0.25) is 0 Å². The van der Waals surface area contributed by atoms with Crippen molar-refractivity contribution in [1.29, 1.82) is 0 Å². The van der Waals surface area contributed by atoms with Crippen molar-refractivity contribution < 1.29 is 9.53 Å². The van der Waals surface area contributed by atoms with Gasteiger partial charge in [-0.05, 0) is 13.8 Å². The number of allylic oxidation sites excluding steroid dienone is 1. The molecule has 0 atom stereocenters. The van der Waals surface area contributed by atoms with Gasteiger partial charge in [-0.25, -0.2) is 4.85 Å². The average molecular weight is 139 g/mol. The van der Waals surface area contributed by atoms with Crippen molar-refractivity contribution in [2.45, 2.75) is 13.8 Å². The molecule has 0 aliphatic carbocycles. The molecule has 54 valence electrons. The first-order valence-electron chi connectivity index (χ1n) is 2.92. The third-order valence-electron chi connectivity index (χ3n) is 0.843. The summed E-state index contributed by atoms with van der Waals surface area (Å²) in [6, 6.07) is 0. The van der Waals surface area contributed by atoms with E-state index in [1.807, 2.05) is 0 Å². The van der Waals surface area contributed by atoms with E-state index >= 15 is 0 Å². The number of hydrogen-bond acceptors (Lipinski definition) is 2. The number of carbonyl (C=O) groups excluding carboxylic acids is 1. The molecule has 0 spiro atoms. The van der Waals surface area contributed by atoms with E-state index in [-0.39, 0.29) is 11.5 Å². The number of ether oxygens (including phenoxy) is 1. The first-order valence-corrected chi connectivity index (χ1v) is 2.92. The molecule has 0 radical (unpaired) electrons. The Morgan fingerprint density at radius 1 is 1.80 bits per heavy atom. The van der Waals surface area contributed by atoms with Gasteiger partial charge in [0.2, 0.25) is 0 Å². The van der Waals surface area contributed by atoms with Crippen molar-refractivity contribution in [3.63, 3.8) is 0 Å². The Hall–Kier alpha value is -1.30. The van der Waals surface area contributed by atoms with Crippen LogP contribution in [0.1, 0.15) is 13.8 Å². The number of hydrogen-bond donors (Lipinski definition) is 0. The maximum atomic E-state index is 10.5. The highest BCUT2D eigenvalue weighted by atomic mass is 16.5. The molecule has 0 heterocycles. The Bertz CT molecular complexity index is 188. The van der Waals surface area contributed by atoms with Crippen molar-refractivity contribution in [3.05, 3.63) is 23.4 Å². The molecule has 10 heavy (non-hydrogen) atoms. The minimum atomic E-state index is -0.261. The van der Waals surface area contributed by atoms with E-state index in [1.165, 1.54) is 13.2 Å². The molecule has 3 nitrogen and oxygen atoms in total. The molecule has 0 bridgehead atoms. The van der Waals surface area contributed by atoms with Gasteiger partial charge in [-0.1, -0.05) is 0 Å². The lowest BCUT2D eigenvalue weighted by atomic mass is 10.3. The molecule has 0 aliphatic rings. The van der Waals surface area contributed by atoms with Gasteiger partial charge >= 0.3 is 0 Å². The predicted molar refractivity (Wildman–Crippen MR) is 37.0 cm³/mol. The van der Waals surface area contributed by atoms with Gasteiger partial charge in [0.1, 0.15) is 0 Å². The highest BCUT2D eigenvalue weighted by Gasteiger charge is 2.01. The molecule has 0 saturated carbocycles. The zero-order chi connectivity index (χ0) is 7.98. The van der Waals surface area contributed by atoms with Crippen molar-refractivity contribution in [2.75, 3.05) is 6.61 Å². The second-order valence-electron chi connectivity index (χ2n) is 1.63. The lowest BCUT2D eigenvalue weighted by Crippen LogP contribution is -1.92. The molecular weight excluding hydrogens is 130 g/mol. The first-order chi connectivity index (χ1) is 4.72. The molecule has 0 aromatic heterocycles. The topological polar surface area (TPSA) is 30.7 Å². The van der Waals surface area contributed by atoms with E-state index in [1.54, 1.807) is 6.92 Å². The fraction of sp³-hybridized carbons (Fsp3) is 0.429. The molecular formula is C7H9NO2. The Morgan fingerprint density at radius 2 is 2.40 bits per heavy atom. The van der Waals surface area contributed by atoms with Crippen LogP contribution in [0.3, 0.4) is 0 Å². The summed E-state index contributed by atoms with van der Waals surface area (Å²) < 4.78 is 4.75. The minimum Gasteiger partial charge on any atom is -0.512 e. The van der Waals surface area contributed by atoms with Crippen LogP contribution in [0.15, 0.2) is 12.0 Å². The van der Waals surface area contributed by atoms with Gasteiger partial charge in [0.15, 0.2) is 5.78 Å². The van der Waals surface area contributed by atoms with E-state index in [4.69, 9.17) is 11.3 Å². The van der Waals surface area contributed by atoms with Crippen LogP contribution in [0.25, 0.3) is 4.85 Å². The van der Waals surface area contributed by atoms with Crippen LogP contribution in [0, 0.1) is 6.57 Å². The molecule has 0 aromatic carbocycles. The average Bonchev–Trinajstić information content (AvgIpc) is 1.89. The fourth-order valence-corrected chi connectivity index (χ4v) is 0.350. The number of ketones is 1. The van der Waals surface area contributed by atoms with Gasteiger partial charge < -0.3 is 9.53 Å². The Morgan fingerprint density at radius 3 is 2.70 bits per heavy atom. The number of nitrogens with zero attached hydrogens (tertiary/aromatic N) is 1. The van der Waals surface area contributed by atoms with Gasteiger partial charge in [0.25, 0.3) is 5.70 Å². The van der Waals surface area contributed by atoms with Gasteiger partial charge in [0, 0.05) is 0 Å². The summed E-state index contributed by atoms with van der Waals surface area (Å²) in [6.07, 6.45) is 1.19. The summed E-state index contributed by atoms with van der Waals surface area (Å²) in [5, 5.41) is 0. The smallest absolute Gasteiger partial charge is 0.262 e. The summed E-state index contributed by atoms with van der Waals surface area (Å²) in [4.78, 5) is 13.5. The Kier molecular flexibility index (Phi) is 3.97. The molecule has 0 amide bonds. The minimum absolute atomic E-state index is 0.0434. The highest BCUT2D eigenvalue weighted by molar-refractivity contribution is 5.94. The fourth-order valence-electron chi connectivity index (χ4n) is 0.350. The zero-order valence-electron chi connectivity index (χ0n) is 6.05. The van der Waals surface area contributed by atoms with Crippen LogP contribution in [0.5, 0.6) is 0 Å². The van der Waals surface area contributed by atoms with Crippen LogP contribution >= 0.6 is 0 Å². The van der Waals surface area contributed by atoms with Crippen LogP contribution in [0.2, 0.25) is 0 Å². The van der Waals surface area contributed by atoms with Crippen molar-refractivity contribution in [1.82, 2.24) is 0 Å². The summed E-state index contributed by atoms with van der Waals surface area (Å²) in [5.74, 6) is -0.261. The molecule has 0 saturated heterocycles. The van der Waals surface area contributed by atoms with Gasteiger partial charge in [-0.15, -0.1) is 0 Å². The standard InChI is InChI=1S/C7H9NO2/c1-4-10-5-7(8-3)6(2)9/h5H,4H2,1-2H3/b7-5+. The lowest BCUT2D eigenvalue weighted by Gasteiger charge is -1.93. The quantitative estimate of drug-likeness (QED) is 0.336. The van der Waals surface area contributed by atoms with E-state index in [9.17, 15) is 4.79 Å². The van der Waals surface area contributed by atoms with Crippen molar-refractivity contribution in [3.8, 4) is 0 Å². The second-order valence-corrected chi connectivity index (χ2v) is 1.63. The Balaban J connectivity index is 4.09. The molecule has 3 heteroatoms. The van der Waals surface area contributed by atoms with Crippen LogP contribution in [0.4, 0.5) is 0 Å². The number of carbonyl (C=O) groups is 1. The van der Waals surface area contributed by atoms with E-state index < -0.39 is 0 Å². The summed E-state index contributed by atoms with van der Waals surface area (Å²) in [5.41, 5.74) is 0.0434. The maximum Gasteiger partial charge on any atom is 0.262 e. The van der Waals surface area contributed by atoms with Crippen molar-refractivity contribution >= 4 is 5.78 Å². The molecule has 0 aliphatic heterocycles. The number of Topliss-reactive ketones (excluding diaryl/α,β-unsaturated/α-hetero) is 1. The summed E-state index contributed by atoms with van der Waals surface area (Å²) in [7, 11) is 0. The number of rotatable bonds is 3. The molecule has 0 aromatic rings. The molecule has 0 fully saturated rings. The normalized spacial score (nSPS) is 10.3. The van der Waals surface area contributed by atoms with E-state index in [0.717, 1.165) is 0 Å². The highest BCUT2D eigenvalue weighted by Crippen LogP contribution is 1.97. The summed E-state index contributed by atoms with van der Waals surface area (Å²) >= 11 is 0. The molecule has 0 N–H and O–H groups in total. The second kappa shape index (κ2) is 4.57. The van der Waals surface area contributed by atoms with Gasteiger partial charge in [0.05, 0.1) is 19.4 Å². The zero-order valence-corrected chi connectivity index (χ0v) is 6.05. The SMILES string of the molecule is [C-]#[N+]/C(=C/OCC)C(C)=O. The lowest BCUT2D eigenvalue weighted by molar-refractivity contribution is -0.113. The van der Waals surface area contributed by atoms with E-state index in [0.29, 0.717) is 6.61 Å². The maximum absolute atomic E-state index is 10.5. The van der Waals surface area contributed by atoms with Crippen molar-refractivity contribution in [2.24, 2.45) is 0 Å². The third kappa shape index (κ3) is 2.88. The first kappa shape index (κ1) is 8.70. The van der Waals surface area contributed by atoms with E-state index in [2.05, 4.69) is 4.85 Å². The monoisotopic (exact) mass is 139 g/mol. The molecule has 0 unspecified atom stereocenters. The summed E-state index contributed by atoms with van der Waals surface area (Å²) in [6.45, 7) is 10.1. The van der Waals surface area contributed by atoms with Crippen LogP contribution < -0.4 is 0 Å². The van der Waals surface area contributed by atoms with Gasteiger partial charge in [-0.2, -0.15) is 0 Å². The third-order valence-corrected chi connectivity index (χ3v) is 0.843. The Labute approximate surface area is 60.1 Å². The predicted octanol–water partition coefficient (Wildman–Crippen LogP) is 1.37. The van der Waals surface area contributed by atoms with Crippen LogP contribution in [-0.4, -0.2) is 12.4 Å². The molecule has 0 rings (SSSR count).